The molecule has 0 spiro atoms. The minimum atomic E-state index is -1.70. The van der Waals surface area contributed by atoms with Gasteiger partial charge in [-0.05, 0) is 31.9 Å². The van der Waals surface area contributed by atoms with Crippen molar-refractivity contribution in [1.29, 1.82) is 0 Å². The molecule has 3 rings (SSSR count). The van der Waals surface area contributed by atoms with Crippen molar-refractivity contribution in [2.24, 2.45) is 0 Å². The Morgan fingerprint density at radius 1 is 0.909 bits per heavy atom. The maximum atomic E-state index is 13.1. The number of nitrogens with zero attached hydrogens (tertiary/aromatic N) is 2. The highest BCUT2D eigenvalue weighted by atomic mass is 16.6. The van der Waals surface area contributed by atoms with Gasteiger partial charge in [-0.15, -0.1) is 0 Å². The summed E-state index contributed by atoms with van der Waals surface area (Å²) in [5.41, 5.74) is -0.910. The normalized spacial score (nSPS) is 18.5. The van der Waals surface area contributed by atoms with Gasteiger partial charge in [-0.1, -0.05) is 60.7 Å². The molecule has 2 aromatic rings. The zero-order valence-corrected chi connectivity index (χ0v) is 19.2. The van der Waals surface area contributed by atoms with E-state index in [1.54, 1.807) is 45.0 Å². The molecule has 1 saturated heterocycles. The van der Waals surface area contributed by atoms with Crippen LogP contribution in [0.3, 0.4) is 0 Å². The highest BCUT2D eigenvalue weighted by Gasteiger charge is 2.52. The van der Waals surface area contributed by atoms with Crippen molar-refractivity contribution in [2.45, 2.75) is 44.9 Å². The molecule has 1 fully saturated rings. The molecule has 2 aromatic carbocycles. The standard InChI is InChI=1S/C25H30N2O6/c1-24(2,3)33-22(30)26-14-15-27(23(31)32-17-20-12-8-5-9-13-20)25(18-26,21(28)29)16-19-10-6-4-7-11-19/h4-13H,14-18H2,1-3H3,(H,28,29). The number of ether oxygens (including phenoxy) is 2. The number of aliphatic carboxylic acids is 1. The van der Waals surface area contributed by atoms with E-state index in [-0.39, 0.29) is 32.7 Å². The number of carbonyl (C=O) groups is 3. The van der Waals surface area contributed by atoms with Crippen LogP contribution in [-0.4, -0.2) is 63.8 Å². The fourth-order valence-electron chi connectivity index (χ4n) is 3.80. The Bertz CT molecular complexity index is 973. The Balaban J connectivity index is 1.88. The molecule has 8 nitrogen and oxygen atoms in total. The van der Waals surface area contributed by atoms with Gasteiger partial charge < -0.3 is 19.5 Å². The van der Waals surface area contributed by atoms with E-state index in [0.717, 1.165) is 11.1 Å². The van der Waals surface area contributed by atoms with E-state index >= 15 is 0 Å². The van der Waals surface area contributed by atoms with Crippen molar-refractivity contribution >= 4 is 18.2 Å². The van der Waals surface area contributed by atoms with E-state index in [4.69, 9.17) is 9.47 Å². The molecule has 0 bridgehead atoms. The van der Waals surface area contributed by atoms with Crippen LogP contribution < -0.4 is 0 Å². The van der Waals surface area contributed by atoms with E-state index in [0.29, 0.717) is 0 Å². The van der Waals surface area contributed by atoms with Crippen LogP contribution in [-0.2, 0) is 27.3 Å². The topological polar surface area (TPSA) is 96.4 Å². The van der Waals surface area contributed by atoms with Gasteiger partial charge in [0.2, 0.25) is 0 Å². The number of carboxylic acid groups (broad SMARTS) is 1. The van der Waals surface area contributed by atoms with Gasteiger partial charge in [-0.2, -0.15) is 0 Å². The smallest absolute Gasteiger partial charge is 0.411 e. The van der Waals surface area contributed by atoms with Gasteiger partial charge in [0.05, 0.1) is 6.54 Å². The van der Waals surface area contributed by atoms with Crippen LogP contribution in [0.4, 0.5) is 9.59 Å². The summed E-state index contributed by atoms with van der Waals surface area (Å²) in [5.74, 6) is -1.21. The lowest BCUT2D eigenvalue weighted by atomic mass is 9.86. The molecule has 0 aliphatic carbocycles. The van der Waals surface area contributed by atoms with Crippen molar-refractivity contribution in [3.8, 4) is 0 Å². The molecule has 1 atom stereocenters. The third-order valence-electron chi connectivity index (χ3n) is 5.38. The zero-order chi connectivity index (χ0) is 24.1. The van der Waals surface area contributed by atoms with Crippen LogP contribution in [0, 0.1) is 0 Å². The fraction of sp³-hybridized carbons (Fsp3) is 0.400. The maximum Gasteiger partial charge on any atom is 0.411 e. The minimum Gasteiger partial charge on any atom is -0.479 e. The van der Waals surface area contributed by atoms with Crippen LogP contribution >= 0.6 is 0 Å². The minimum absolute atomic E-state index is 0.00595. The Kier molecular flexibility index (Phi) is 7.26. The zero-order valence-electron chi connectivity index (χ0n) is 19.2. The summed E-state index contributed by atoms with van der Waals surface area (Å²) in [6.45, 7) is 5.19. The number of carbonyl (C=O) groups excluding carboxylic acids is 2. The predicted molar refractivity (Wildman–Crippen MR) is 122 cm³/mol. The lowest BCUT2D eigenvalue weighted by Crippen LogP contribution is -2.69. The number of hydrogen-bond donors (Lipinski definition) is 1. The van der Waals surface area contributed by atoms with Gasteiger partial charge in [0.25, 0.3) is 0 Å². The maximum absolute atomic E-state index is 13.1. The van der Waals surface area contributed by atoms with E-state index in [2.05, 4.69) is 0 Å². The summed E-state index contributed by atoms with van der Waals surface area (Å²) in [6, 6.07) is 18.2. The monoisotopic (exact) mass is 454 g/mol. The number of benzene rings is 2. The summed E-state index contributed by atoms with van der Waals surface area (Å²) < 4.78 is 10.9. The van der Waals surface area contributed by atoms with E-state index in [9.17, 15) is 19.5 Å². The van der Waals surface area contributed by atoms with Gasteiger partial charge in [-0.3, -0.25) is 4.90 Å². The largest absolute Gasteiger partial charge is 0.479 e. The molecule has 0 aromatic heterocycles. The number of amides is 2. The van der Waals surface area contributed by atoms with Crippen LogP contribution in [0.15, 0.2) is 60.7 Å². The van der Waals surface area contributed by atoms with Crippen molar-refractivity contribution < 1.29 is 29.0 Å². The average molecular weight is 455 g/mol. The summed E-state index contributed by atoms with van der Waals surface area (Å²) in [6.07, 6.45) is -1.33. The van der Waals surface area contributed by atoms with Crippen LogP contribution in [0.25, 0.3) is 0 Å². The molecule has 0 saturated carbocycles. The lowest BCUT2D eigenvalue weighted by molar-refractivity contribution is -0.154. The first-order valence-electron chi connectivity index (χ1n) is 10.8. The van der Waals surface area contributed by atoms with Crippen LogP contribution in [0.1, 0.15) is 31.9 Å². The second kappa shape index (κ2) is 9.94. The second-order valence-electron chi connectivity index (χ2n) is 9.09. The van der Waals surface area contributed by atoms with Gasteiger partial charge in [0.15, 0.2) is 5.54 Å². The van der Waals surface area contributed by atoms with E-state index in [1.165, 1.54) is 9.80 Å². The number of piperazine rings is 1. The average Bonchev–Trinajstić information content (AvgIpc) is 2.77. The second-order valence-corrected chi connectivity index (χ2v) is 9.09. The van der Waals surface area contributed by atoms with Gasteiger partial charge in [0, 0.05) is 19.5 Å². The Morgan fingerprint density at radius 3 is 2.03 bits per heavy atom. The highest BCUT2D eigenvalue weighted by Crippen LogP contribution is 2.29. The van der Waals surface area contributed by atoms with Gasteiger partial charge >= 0.3 is 18.2 Å². The molecule has 176 valence electrons. The fourth-order valence-corrected chi connectivity index (χ4v) is 3.80. The number of hydrogen-bond acceptors (Lipinski definition) is 5. The molecule has 1 N–H and O–H groups in total. The summed E-state index contributed by atoms with van der Waals surface area (Å²) in [7, 11) is 0. The predicted octanol–water partition coefficient (Wildman–Crippen LogP) is 3.94. The first kappa shape index (κ1) is 24.1. The van der Waals surface area contributed by atoms with Crippen molar-refractivity contribution in [3.05, 3.63) is 71.8 Å². The van der Waals surface area contributed by atoms with Crippen LogP contribution in [0.5, 0.6) is 0 Å². The van der Waals surface area contributed by atoms with E-state index in [1.807, 2.05) is 36.4 Å². The Morgan fingerprint density at radius 2 is 1.48 bits per heavy atom. The van der Waals surface area contributed by atoms with Crippen molar-refractivity contribution in [2.75, 3.05) is 19.6 Å². The van der Waals surface area contributed by atoms with Crippen molar-refractivity contribution in [1.82, 2.24) is 9.80 Å². The third kappa shape index (κ3) is 6.03. The summed E-state index contributed by atoms with van der Waals surface area (Å²) in [4.78, 5) is 41.1. The number of rotatable bonds is 5. The molecule has 1 aliphatic heterocycles. The highest BCUT2D eigenvalue weighted by molar-refractivity contribution is 5.86. The van der Waals surface area contributed by atoms with Gasteiger partial charge in [-0.25, -0.2) is 14.4 Å². The molecule has 1 aliphatic rings. The Hall–Kier alpha value is -3.55. The molecule has 33 heavy (non-hydrogen) atoms. The summed E-state index contributed by atoms with van der Waals surface area (Å²) >= 11 is 0. The summed E-state index contributed by atoms with van der Waals surface area (Å²) in [5, 5.41) is 10.4. The first-order chi connectivity index (χ1) is 15.6. The molecule has 1 heterocycles. The van der Waals surface area contributed by atoms with Crippen molar-refractivity contribution in [3.63, 3.8) is 0 Å². The van der Waals surface area contributed by atoms with Gasteiger partial charge in [0.1, 0.15) is 12.2 Å². The molecular formula is C25H30N2O6. The van der Waals surface area contributed by atoms with Crippen LogP contribution in [0.2, 0.25) is 0 Å². The lowest BCUT2D eigenvalue weighted by Gasteiger charge is -2.47. The number of carboxylic acids is 1. The Labute approximate surface area is 193 Å². The first-order valence-corrected chi connectivity index (χ1v) is 10.8. The SMILES string of the molecule is CC(C)(C)OC(=O)N1CCN(C(=O)OCc2ccccc2)C(Cc2ccccc2)(C(=O)O)C1. The molecular weight excluding hydrogens is 424 g/mol. The third-order valence-corrected chi connectivity index (χ3v) is 5.38. The molecule has 8 heteroatoms. The van der Waals surface area contributed by atoms with E-state index < -0.39 is 29.3 Å². The molecule has 2 amide bonds. The quantitative estimate of drug-likeness (QED) is 0.735. The molecule has 1 unspecified atom stereocenters. The molecule has 0 radical (unpaired) electrons.